The van der Waals surface area contributed by atoms with Crippen LogP contribution in [0.5, 0.6) is 5.75 Å². The van der Waals surface area contributed by atoms with Crippen molar-refractivity contribution in [3.8, 4) is 5.75 Å². The Balaban J connectivity index is 2.03. The number of carbonyl (C=O) groups is 2. The summed E-state index contributed by atoms with van der Waals surface area (Å²) < 4.78 is 6.34. The fraction of sp³-hybridized carbons (Fsp3) is 0.300. The van der Waals surface area contributed by atoms with Crippen LogP contribution in [0.4, 0.5) is 5.69 Å². The molecule has 0 fully saturated rings. The van der Waals surface area contributed by atoms with Crippen LogP contribution in [-0.2, 0) is 11.3 Å². The van der Waals surface area contributed by atoms with E-state index in [1.807, 2.05) is 43.1 Å². The number of benzene rings is 2. The number of aryl methyl sites for hydroxylation is 1. The molecule has 0 saturated heterocycles. The Labute approximate surface area is 162 Å². The lowest BCUT2D eigenvalue weighted by molar-refractivity contribution is -0.117. The highest BCUT2D eigenvalue weighted by atomic mass is 79.9. The zero-order chi connectivity index (χ0) is 19.3. The zero-order valence-electron chi connectivity index (χ0n) is 15.4. The van der Waals surface area contributed by atoms with E-state index in [-0.39, 0.29) is 18.2 Å². The summed E-state index contributed by atoms with van der Waals surface area (Å²) in [6.07, 6.45) is 0. The van der Waals surface area contributed by atoms with Gasteiger partial charge < -0.3 is 10.1 Å². The van der Waals surface area contributed by atoms with Crippen LogP contribution in [0.15, 0.2) is 40.9 Å². The van der Waals surface area contributed by atoms with Gasteiger partial charge in [-0.3, -0.25) is 14.5 Å². The molecule has 0 bridgehead atoms. The van der Waals surface area contributed by atoms with Crippen LogP contribution in [0, 0.1) is 6.92 Å². The summed E-state index contributed by atoms with van der Waals surface area (Å²) in [7, 11) is 3.45. The molecule has 1 N–H and O–H groups in total. The lowest BCUT2D eigenvalue weighted by atomic mass is 10.1. The van der Waals surface area contributed by atoms with Gasteiger partial charge in [0.1, 0.15) is 5.75 Å². The van der Waals surface area contributed by atoms with Crippen LogP contribution in [0.3, 0.4) is 0 Å². The summed E-state index contributed by atoms with van der Waals surface area (Å²) in [5.41, 5.74) is 3.29. The highest BCUT2D eigenvalue weighted by Gasteiger charge is 2.13. The second kappa shape index (κ2) is 8.96. The first-order valence-corrected chi connectivity index (χ1v) is 9.02. The number of rotatable bonds is 7. The van der Waals surface area contributed by atoms with Crippen molar-refractivity contribution in [3.63, 3.8) is 0 Å². The van der Waals surface area contributed by atoms with Gasteiger partial charge in [0, 0.05) is 27.8 Å². The smallest absolute Gasteiger partial charge is 0.238 e. The van der Waals surface area contributed by atoms with E-state index in [2.05, 4.69) is 21.2 Å². The Morgan fingerprint density at radius 1 is 1.19 bits per heavy atom. The van der Waals surface area contributed by atoms with Crippen molar-refractivity contribution in [2.45, 2.75) is 20.4 Å². The molecule has 0 aromatic heterocycles. The minimum atomic E-state index is -0.0976. The summed E-state index contributed by atoms with van der Waals surface area (Å²) in [5.74, 6) is 0.602. The molecule has 0 aliphatic carbocycles. The standard InChI is InChI=1S/C20H23BrN2O3/c1-13-9-17(21)6-7-18(13)22-20(25)12-23(3)11-16-10-15(14(2)24)5-8-19(16)26-4/h5-10H,11-12H2,1-4H3,(H,22,25). The van der Waals surface area contributed by atoms with E-state index < -0.39 is 0 Å². The second-order valence-electron chi connectivity index (χ2n) is 6.26. The third kappa shape index (κ3) is 5.41. The Bertz CT molecular complexity index is 821. The van der Waals surface area contributed by atoms with Crippen molar-refractivity contribution in [1.82, 2.24) is 4.90 Å². The summed E-state index contributed by atoms with van der Waals surface area (Å²) in [6, 6.07) is 11.1. The number of amides is 1. The molecule has 6 heteroatoms. The van der Waals surface area contributed by atoms with E-state index in [1.165, 1.54) is 6.92 Å². The molecular formula is C20H23BrN2O3. The van der Waals surface area contributed by atoms with Gasteiger partial charge in [-0.2, -0.15) is 0 Å². The highest BCUT2D eigenvalue weighted by Crippen LogP contribution is 2.22. The maximum Gasteiger partial charge on any atom is 0.238 e. The Morgan fingerprint density at radius 2 is 1.92 bits per heavy atom. The number of ether oxygens (including phenoxy) is 1. The third-order valence-corrected chi connectivity index (χ3v) is 4.50. The number of nitrogens with zero attached hydrogens (tertiary/aromatic N) is 1. The first-order valence-electron chi connectivity index (χ1n) is 8.22. The van der Waals surface area contributed by atoms with Crippen LogP contribution < -0.4 is 10.1 Å². The van der Waals surface area contributed by atoms with Crippen molar-refractivity contribution < 1.29 is 14.3 Å². The van der Waals surface area contributed by atoms with Gasteiger partial charge in [0.15, 0.2) is 5.78 Å². The van der Waals surface area contributed by atoms with Crippen molar-refractivity contribution in [2.24, 2.45) is 0 Å². The van der Waals surface area contributed by atoms with Crippen molar-refractivity contribution >= 4 is 33.3 Å². The molecule has 5 nitrogen and oxygen atoms in total. The van der Waals surface area contributed by atoms with Gasteiger partial charge in [0.2, 0.25) is 5.91 Å². The molecule has 0 spiro atoms. The van der Waals surface area contributed by atoms with Gasteiger partial charge in [0.25, 0.3) is 0 Å². The predicted octanol–water partition coefficient (Wildman–Crippen LogP) is 4.04. The van der Waals surface area contributed by atoms with Crippen molar-refractivity contribution in [2.75, 3.05) is 26.0 Å². The minimum absolute atomic E-state index is 0.0000118. The second-order valence-corrected chi connectivity index (χ2v) is 7.18. The van der Waals surface area contributed by atoms with Crippen LogP contribution in [0.1, 0.15) is 28.4 Å². The van der Waals surface area contributed by atoms with E-state index in [4.69, 9.17) is 4.74 Å². The Hall–Kier alpha value is -2.18. The Kier molecular flexibility index (Phi) is 6.94. The number of ketones is 1. The van der Waals surface area contributed by atoms with Crippen molar-refractivity contribution in [1.29, 1.82) is 0 Å². The van der Waals surface area contributed by atoms with Gasteiger partial charge in [-0.25, -0.2) is 0 Å². The number of likely N-dealkylation sites (N-methyl/N-ethyl adjacent to an activating group) is 1. The topological polar surface area (TPSA) is 58.6 Å². The average Bonchev–Trinajstić information content (AvgIpc) is 2.57. The predicted molar refractivity (Wildman–Crippen MR) is 107 cm³/mol. The van der Waals surface area contributed by atoms with E-state index in [9.17, 15) is 9.59 Å². The molecule has 0 saturated carbocycles. The third-order valence-electron chi connectivity index (χ3n) is 4.00. The highest BCUT2D eigenvalue weighted by molar-refractivity contribution is 9.10. The van der Waals surface area contributed by atoms with Gasteiger partial charge in [-0.05, 0) is 62.9 Å². The van der Waals surface area contributed by atoms with E-state index in [0.717, 1.165) is 21.3 Å². The quantitative estimate of drug-likeness (QED) is 0.689. The number of halogens is 1. The maximum absolute atomic E-state index is 12.3. The average molecular weight is 419 g/mol. The number of methoxy groups -OCH3 is 1. The fourth-order valence-electron chi connectivity index (χ4n) is 2.67. The maximum atomic E-state index is 12.3. The molecule has 138 valence electrons. The SMILES string of the molecule is COc1ccc(C(C)=O)cc1CN(C)CC(=O)Nc1ccc(Br)cc1C. The van der Waals surface area contributed by atoms with Crippen LogP contribution in [-0.4, -0.2) is 37.3 Å². The summed E-state index contributed by atoms with van der Waals surface area (Å²) >= 11 is 3.41. The monoisotopic (exact) mass is 418 g/mol. The molecule has 2 rings (SSSR count). The molecule has 26 heavy (non-hydrogen) atoms. The summed E-state index contributed by atoms with van der Waals surface area (Å²) in [5, 5.41) is 2.93. The number of hydrogen-bond donors (Lipinski definition) is 1. The number of nitrogens with one attached hydrogen (secondary N) is 1. The molecular weight excluding hydrogens is 396 g/mol. The molecule has 0 radical (unpaired) electrons. The molecule has 0 atom stereocenters. The first-order chi connectivity index (χ1) is 12.3. The molecule has 0 heterocycles. The van der Waals surface area contributed by atoms with Crippen LogP contribution >= 0.6 is 15.9 Å². The van der Waals surface area contributed by atoms with Gasteiger partial charge in [-0.1, -0.05) is 15.9 Å². The molecule has 2 aromatic carbocycles. The zero-order valence-corrected chi connectivity index (χ0v) is 17.0. The number of carbonyl (C=O) groups excluding carboxylic acids is 2. The summed E-state index contributed by atoms with van der Waals surface area (Å²) in [4.78, 5) is 25.8. The lowest BCUT2D eigenvalue weighted by Gasteiger charge is -2.19. The van der Waals surface area contributed by atoms with Crippen LogP contribution in [0.25, 0.3) is 0 Å². The van der Waals surface area contributed by atoms with E-state index >= 15 is 0 Å². The lowest BCUT2D eigenvalue weighted by Crippen LogP contribution is -2.30. The largest absolute Gasteiger partial charge is 0.496 e. The fourth-order valence-corrected chi connectivity index (χ4v) is 3.15. The molecule has 0 aliphatic heterocycles. The molecule has 0 unspecified atom stereocenters. The normalized spacial score (nSPS) is 10.7. The van der Waals surface area contributed by atoms with Crippen LogP contribution in [0.2, 0.25) is 0 Å². The molecule has 0 aliphatic rings. The number of hydrogen-bond acceptors (Lipinski definition) is 4. The van der Waals surface area contributed by atoms with E-state index in [1.54, 1.807) is 19.2 Å². The summed E-state index contributed by atoms with van der Waals surface area (Å²) in [6.45, 7) is 4.20. The number of Topliss-reactive ketones (excluding diaryl/α,β-unsaturated/α-hetero) is 1. The van der Waals surface area contributed by atoms with Crippen molar-refractivity contribution in [3.05, 3.63) is 57.6 Å². The molecule has 2 aromatic rings. The first kappa shape index (κ1) is 20.1. The van der Waals surface area contributed by atoms with E-state index in [0.29, 0.717) is 17.9 Å². The minimum Gasteiger partial charge on any atom is -0.496 e. The van der Waals surface area contributed by atoms with Gasteiger partial charge in [-0.15, -0.1) is 0 Å². The Morgan fingerprint density at radius 3 is 2.54 bits per heavy atom. The van der Waals surface area contributed by atoms with Gasteiger partial charge >= 0.3 is 0 Å². The molecule has 1 amide bonds. The van der Waals surface area contributed by atoms with Gasteiger partial charge in [0.05, 0.1) is 13.7 Å². The number of anilines is 1.